The van der Waals surface area contributed by atoms with Crippen molar-refractivity contribution in [3.8, 4) is 5.88 Å². The summed E-state index contributed by atoms with van der Waals surface area (Å²) < 4.78 is 11.5. The lowest BCUT2D eigenvalue weighted by Crippen LogP contribution is -2.16. The molecule has 0 amide bonds. The van der Waals surface area contributed by atoms with E-state index < -0.39 is 11.9 Å². The van der Waals surface area contributed by atoms with Gasteiger partial charge in [-0.3, -0.25) is 14.6 Å². The van der Waals surface area contributed by atoms with Gasteiger partial charge in [0.2, 0.25) is 0 Å². The number of ether oxygens (including phenoxy) is 2. The molecular weight excluding hydrogens is 312 g/mol. The van der Waals surface area contributed by atoms with Crippen LogP contribution in [-0.2, 0) is 20.9 Å². The Labute approximate surface area is 130 Å². The third-order valence-electron chi connectivity index (χ3n) is 2.18. The Morgan fingerprint density at radius 1 is 1.35 bits per heavy atom. The minimum atomic E-state index is -1.07. The highest BCUT2D eigenvalue weighted by Crippen LogP contribution is 2.02. The number of carboxylic acids is 2. The maximum atomic E-state index is 10.5. The lowest BCUT2D eigenvalue weighted by atomic mass is 10.4. The zero-order valence-corrected chi connectivity index (χ0v) is 12.0. The van der Waals surface area contributed by atoms with Gasteiger partial charge in [0.25, 0.3) is 5.88 Å². The number of rotatable bonds is 11. The zero-order chi connectivity index (χ0) is 17.1. The van der Waals surface area contributed by atoms with Crippen LogP contribution in [0.2, 0.25) is 0 Å². The van der Waals surface area contributed by atoms with E-state index in [0.29, 0.717) is 0 Å². The van der Waals surface area contributed by atoms with Gasteiger partial charge in [-0.2, -0.15) is 5.10 Å². The molecule has 126 valence electrons. The van der Waals surface area contributed by atoms with Crippen LogP contribution in [0.1, 0.15) is 0 Å². The van der Waals surface area contributed by atoms with E-state index in [9.17, 15) is 9.59 Å². The number of carbonyl (C=O) groups is 2. The van der Waals surface area contributed by atoms with E-state index in [4.69, 9.17) is 25.5 Å². The molecule has 0 spiro atoms. The molecule has 12 nitrogen and oxygen atoms in total. The summed E-state index contributed by atoms with van der Waals surface area (Å²) in [5, 5.41) is 27.6. The summed E-state index contributed by atoms with van der Waals surface area (Å²) in [7, 11) is 0. The Morgan fingerprint density at radius 2 is 2.13 bits per heavy atom. The molecule has 1 rings (SSSR count). The van der Waals surface area contributed by atoms with E-state index in [0.717, 1.165) is 4.68 Å². The van der Waals surface area contributed by atoms with E-state index in [-0.39, 0.29) is 44.5 Å². The fourth-order valence-corrected chi connectivity index (χ4v) is 1.28. The smallest absolute Gasteiger partial charge is 0.325 e. The number of hydrazone groups is 1. The molecule has 0 fully saturated rings. The molecule has 0 aliphatic rings. The SMILES string of the molecule is N/N=C(\C=NCC(=O)O)COCCOc1cn(CC(=O)O)nn1. The van der Waals surface area contributed by atoms with Crippen molar-refractivity contribution in [1.29, 1.82) is 0 Å². The Bertz CT molecular complexity index is 583. The molecule has 0 saturated heterocycles. The van der Waals surface area contributed by atoms with Crippen molar-refractivity contribution in [3.63, 3.8) is 0 Å². The summed E-state index contributed by atoms with van der Waals surface area (Å²) in [6.45, 7) is -0.324. The molecule has 1 aromatic heterocycles. The van der Waals surface area contributed by atoms with Gasteiger partial charge in [-0.25, -0.2) is 4.68 Å². The van der Waals surface area contributed by atoms with Gasteiger partial charge in [0, 0.05) is 6.21 Å². The van der Waals surface area contributed by atoms with E-state index in [1.165, 1.54) is 12.4 Å². The molecule has 1 heterocycles. The molecule has 0 bridgehead atoms. The summed E-state index contributed by atoms with van der Waals surface area (Å²) in [5.74, 6) is 3.17. The number of carboxylic acid groups (broad SMARTS) is 2. The van der Waals surface area contributed by atoms with Gasteiger partial charge < -0.3 is 25.5 Å². The molecule has 0 radical (unpaired) electrons. The number of nitrogens with two attached hydrogens (primary N) is 1. The van der Waals surface area contributed by atoms with Crippen LogP contribution in [0.25, 0.3) is 0 Å². The maximum Gasteiger partial charge on any atom is 0.325 e. The maximum absolute atomic E-state index is 10.5. The molecule has 0 atom stereocenters. The lowest BCUT2D eigenvalue weighted by molar-refractivity contribution is -0.138. The first-order chi connectivity index (χ1) is 11.0. The van der Waals surface area contributed by atoms with Gasteiger partial charge in [-0.15, -0.1) is 0 Å². The van der Waals surface area contributed by atoms with Crippen LogP contribution in [-0.4, -0.2) is 75.4 Å². The second-order valence-corrected chi connectivity index (χ2v) is 4.03. The van der Waals surface area contributed by atoms with Crippen molar-refractivity contribution in [2.45, 2.75) is 6.54 Å². The molecular formula is C11H16N6O6. The van der Waals surface area contributed by atoms with Crippen LogP contribution in [0.4, 0.5) is 0 Å². The van der Waals surface area contributed by atoms with E-state index in [1.807, 2.05) is 0 Å². The normalized spacial score (nSPS) is 11.7. The summed E-state index contributed by atoms with van der Waals surface area (Å²) in [5.41, 5.74) is 0.277. The number of aliphatic carboxylic acids is 2. The van der Waals surface area contributed by atoms with Gasteiger partial charge >= 0.3 is 11.9 Å². The van der Waals surface area contributed by atoms with Crippen molar-refractivity contribution in [3.05, 3.63) is 6.20 Å². The molecule has 0 aromatic carbocycles. The largest absolute Gasteiger partial charge is 0.480 e. The average molecular weight is 328 g/mol. The number of hydrogen-bond donors (Lipinski definition) is 3. The summed E-state index contributed by atoms with van der Waals surface area (Å²) in [6.07, 6.45) is 2.56. The number of hydrogen-bond acceptors (Lipinski definition) is 9. The summed E-state index contributed by atoms with van der Waals surface area (Å²) in [6, 6.07) is 0. The first-order valence-corrected chi connectivity index (χ1v) is 6.32. The van der Waals surface area contributed by atoms with Crippen molar-refractivity contribution in [2.24, 2.45) is 15.9 Å². The van der Waals surface area contributed by atoms with Crippen LogP contribution >= 0.6 is 0 Å². The van der Waals surface area contributed by atoms with E-state index in [1.54, 1.807) is 0 Å². The van der Waals surface area contributed by atoms with Crippen molar-refractivity contribution in [2.75, 3.05) is 26.4 Å². The number of aliphatic imine (C=N–C) groups is 1. The fraction of sp³-hybridized carbons (Fsp3) is 0.455. The van der Waals surface area contributed by atoms with Crippen LogP contribution < -0.4 is 10.6 Å². The fourth-order valence-electron chi connectivity index (χ4n) is 1.28. The Kier molecular flexibility index (Phi) is 7.71. The quantitative estimate of drug-likeness (QED) is 0.184. The lowest BCUT2D eigenvalue weighted by Gasteiger charge is -2.04. The predicted octanol–water partition coefficient (Wildman–Crippen LogP) is -1.77. The molecule has 0 saturated carbocycles. The minimum absolute atomic E-state index is 0.0364. The van der Waals surface area contributed by atoms with Crippen LogP contribution in [0.15, 0.2) is 16.3 Å². The number of aromatic nitrogens is 3. The van der Waals surface area contributed by atoms with Crippen molar-refractivity contribution in [1.82, 2.24) is 15.0 Å². The molecule has 0 aliphatic heterocycles. The highest BCUT2D eigenvalue weighted by atomic mass is 16.5. The monoisotopic (exact) mass is 328 g/mol. The zero-order valence-electron chi connectivity index (χ0n) is 12.0. The third-order valence-corrected chi connectivity index (χ3v) is 2.18. The highest BCUT2D eigenvalue weighted by Gasteiger charge is 2.05. The topological polar surface area (TPSA) is 175 Å². The molecule has 0 unspecified atom stereocenters. The second-order valence-electron chi connectivity index (χ2n) is 4.03. The Balaban J connectivity index is 2.21. The molecule has 4 N–H and O–H groups in total. The van der Waals surface area contributed by atoms with Crippen molar-refractivity contribution >= 4 is 23.9 Å². The van der Waals surface area contributed by atoms with Crippen molar-refractivity contribution < 1.29 is 29.3 Å². The van der Waals surface area contributed by atoms with Crippen LogP contribution in [0, 0.1) is 0 Å². The first-order valence-electron chi connectivity index (χ1n) is 6.32. The standard InChI is InChI=1S/C11H16N6O6/c12-14-8(3-13-4-10(18)19)7-22-1-2-23-9-5-17(16-15-9)6-11(20)21/h3,5H,1-2,4,6-7,12H2,(H,18,19)(H,20,21)/b13-3?,14-8+. The van der Waals surface area contributed by atoms with Gasteiger partial charge in [0.05, 0.1) is 19.4 Å². The minimum Gasteiger partial charge on any atom is -0.480 e. The Morgan fingerprint density at radius 3 is 2.78 bits per heavy atom. The molecule has 1 aromatic rings. The van der Waals surface area contributed by atoms with E-state index >= 15 is 0 Å². The number of nitrogens with zero attached hydrogens (tertiary/aromatic N) is 5. The Hall–Kier alpha value is -3.02. The van der Waals surface area contributed by atoms with Gasteiger partial charge in [0.15, 0.2) is 0 Å². The second kappa shape index (κ2) is 9.83. The van der Waals surface area contributed by atoms with Gasteiger partial charge in [0.1, 0.15) is 25.4 Å². The highest BCUT2D eigenvalue weighted by molar-refractivity contribution is 6.31. The van der Waals surface area contributed by atoms with Crippen LogP contribution in [0.5, 0.6) is 5.88 Å². The third kappa shape index (κ3) is 8.11. The van der Waals surface area contributed by atoms with Crippen LogP contribution in [0.3, 0.4) is 0 Å². The van der Waals surface area contributed by atoms with E-state index in [2.05, 4.69) is 20.4 Å². The van der Waals surface area contributed by atoms with Gasteiger partial charge in [-0.05, 0) is 0 Å². The first kappa shape index (κ1) is 18.0. The average Bonchev–Trinajstić information content (AvgIpc) is 2.91. The molecule has 0 aliphatic carbocycles. The summed E-state index contributed by atoms with van der Waals surface area (Å²) in [4.78, 5) is 24.4. The predicted molar refractivity (Wildman–Crippen MR) is 76.6 cm³/mol. The molecule has 12 heteroatoms. The molecule has 23 heavy (non-hydrogen) atoms. The summed E-state index contributed by atoms with van der Waals surface area (Å²) >= 11 is 0. The van der Waals surface area contributed by atoms with Gasteiger partial charge in [-0.1, -0.05) is 10.3 Å².